The molecule has 2 rings (SSSR count). The third kappa shape index (κ3) is 3.16. The highest BCUT2D eigenvalue weighted by Crippen LogP contribution is 2.29. The number of aryl methyl sites for hydroxylation is 2. The Morgan fingerprint density at radius 1 is 1.24 bits per heavy atom. The number of hydrogen-bond donors (Lipinski definition) is 1. The van der Waals surface area contributed by atoms with Crippen molar-refractivity contribution in [2.24, 2.45) is 0 Å². The first-order chi connectivity index (χ1) is 10.1. The molecular weight excluding hydrogens is 266 g/mol. The van der Waals surface area contributed by atoms with Crippen molar-refractivity contribution in [2.45, 2.75) is 26.8 Å². The molecule has 0 aliphatic rings. The van der Waals surface area contributed by atoms with Gasteiger partial charge in [-0.3, -0.25) is 0 Å². The van der Waals surface area contributed by atoms with Gasteiger partial charge in [0.25, 0.3) is 0 Å². The Bertz CT molecular complexity index is 610. The van der Waals surface area contributed by atoms with E-state index in [1.807, 2.05) is 19.1 Å². The van der Waals surface area contributed by atoms with Crippen LogP contribution in [0.2, 0.25) is 0 Å². The minimum absolute atomic E-state index is 0.0744. The largest absolute Gasteiger partial charge is 0.463 e. The lowest BCUT2D eigenvalue weighted by Crippen LogP contribution is -2.23. The molecule has 1 unspecified atom stereocenters. The second-order valence-corrected chi connectivity index (χ2v) is 4.99. The van der Waals surface area contributed by atoms with Crippen LogP contribution in [0.1, 0.15) is 46.0 Å². The van der Waals surface area contributed by atoms with E-state index in [-0.39, 0.29) is 11.8 Å². The van der Waals surface area contributed by atoms with Crippen molar-refractivity contribution in [3.05, 3.63) is 58.5 Å². The highest BCUT2D eigenvalue weighted by molar-refractivity contribution is 5.86. The molecule has 1 N–H and O–H groups in total. The standard InChI is InChI=1S/C17H21NO3/c1-5-18-16(15-11(2)7-6-8-12(15)3)13-9-10-14(21-13)17(19)20-4/h6-10,16,18H,5H2,1-4H3. The summed E-state index contributed by atoms with van der Waals surface area (Å²) in [5, 5.41) is 3.42. The van der Waals surface area contributed by atoms with Crippen LogP contribution < -0.4 is 5.32 Å². The third-order valence-electron chi connectivity index (χ3n) is 3.54. The molecule has 0 saturated heterocycles. The van der Waals surface area contributed by atoms with Crippen LogP contribution in [0.25, 0.3) is 0 Å². The van der Waals surface area contributed by atoms with Crippen LogP contribution in [0.3, 0.4) is 0 Å². The molecule has 0 amide bonds. The van der Waals surface area contributed by atoms with Gasteiger partial charge in [-0.15, -0.1) is 0 Å². The molecule has 1 atom stereocenters. The maximum absolute atomic E-state index is 11.5. The van der Waals surface area contributed by atoms with Gasteiger partial charge < -0.3 is 14.5 Å². The van der Waals surface area contributed by atoms with E-state index in [4.69, 9.17) is 4.42 Å². The van der Waals surface area contributed by atoms with Gasteiger partial charge in [0.05, 0.1) is 13.2 Å². The molecule has 1 aromatic carbocycles. The number of carbonyl (C=O) groups is 1. The van der Waals surface area contributed by atoms with Crippen LogP contribution in [0, 0.1) is 13.8 Å². The van der Waals surface area contributed by atoms with Gasteiger partial charge in [-0.1, -0.05) is 25.1 Å². The van der Waals surface area contributed by atoms with Gasteiger partial charge in [0.2, 0.25) is 5.76 Å². The van der Waals surface area contributed by atoms with Crippen LogP contribution in [0.4, 0.5) is 0 Å². The molecule has 0 aliphatic heterocycles. The summed E-state index contributed by atoms with van der Waals surface area (Å²) in [5.41, 5.74) is 3.57. The smallest absolute Gasteiger partial charge is 0.373 e. The van der Waals surface area contributed by atoms with E-state index in [1.54, 1.807) is 6.07 Å². The monoisotopic (exact) mass is 287 g/mol. The molecule has 0 fully saturated rings. The number of carbonyl (C=O) groups excluding carboxylic acids is 1. The van der Waals surface area contributed by atoms with Gasteiger partial charge >= 0.3 is 5.97 Å². The van der Waals surface area contributed by atoms with E-state index in [1.165, 1.54) is 23.8 Å². The fraction of sp³-hybridized carbons (Fsp3) is 0.353. The fourth-order valence-corrected chi connectivity index (χ4v) is 2.55. The van der Waals surface area contributed by atoms with Crippen LogP contribution in [0.5, 0.6) is 0 Å². The van der Waals surface area contributed by atoms with Crippen molar-refractivity contribution in [3.8, 4) is 0 Å². The molecule has 2 aromatic rings. The van der Waals surface area contributed by atoms with Crippen LogP contribution in [-0.4, -0.2) is 19.6 Å². The molecule has 4 nitrogen and oxygen atoms in total. The molecule has 1 aromatic heterocycles. The first-order valence-electron chi connectivity index (χ1n) is 7.06. The van der Waals surface area contributed by atoms with E-state index in [9.17, 15) is 4.79 Å². The topological polar surface area (TPSA) is 51.5 Å². The summed E-state index contributed by atoms with van der Waals surface area (Å²) in [4.78, 5) is 11.5. The van der Waals surface area contributed by atoms with Crippen molar-refractivity contribution in [2.75, 3.05) is 13.7 Å². The van der Waals surface area contributed by atoms with Crippen LogP contribution in [0.15, 0.2) is 34.7 Å². The van der Waals surface area contributed by atoms with Crippen LogP contribution >= 0.6 is 0 Å². The third-order valence-corrected chi connectivity index (χ3v) is 3.54. The Balaban J connectivity index is 2.44. The summed E-state index contributed by atoms with van der Waals surface area (Å²) in [6.07, 6.45) is 0. The van der Waals surface area contributed by atoms with Gasteiger partial charge in [0, 0.05) is 0 Å². The molecule has 0 bridgehead atoms. The average Bonchev–Trinajstić information content (AvgIpc) is 2.95. The number of methoxy groups -OCH3 is 1. The summed E-state index contributed by atoms with van der Waals surface area (Å²) in [5.74, 6) is 0.481. The number of hydrogen-bond acceptors (Lipinski definition) is 4. The molecule has 21 heavy (non-hydrogen) atoms. The molecule has 1 heterocycles. The fourth-order valence-electron chi connectivity index (χ4n) is 2.55. The maximum Gasteiger partial charge on any atom is 0.373 e. The van der Waals surface area contributed by atoms with Crippen molar-refractivity contribution >= 4 is 5.97 Å². The highest BCUT2D eigenvalue weighted by Gasteiger charge is 2.22. The highest BCUT2D eigenvalue weighted by atomic mass is 16.5. The Hall–Kier alpha value is -2.07. The predicted molar refractivity (Wildman–Crippen MR) is 81.5 cm³/mol. The molecule has 0 saturated carbocycles. The minimum atomic E-state index is -0.460. The summed E-state index contributed by atoms with van der Waals surface area (Å²) < 4.78 is 10.4. The number of nitrogens with one attached hydrogen (secondary N) is 1. The minimum Gasteiger partial charge on any atom is -0.463 e. The lowest BCUT2D eigenvalue weighted by molar-refractivity contribution is 0.0562. The molecule has 0 spiro atoms. The lowest BCUT2D eigenvalue weighted by atomic mass is 9.94. The molecule has 112 valence electrons. The van der Waals surface area contributed by atoms with Gasteiger partial charge in [-0.2, -0.15) is 0 Å². The first-order valence-corrected chi connectivity index (χ1v) is 7.06. The summed E-state index contributed by atoms with van der Waals surface area (Å²) in [7, 11) is 1.35. The Kier molecular flexibility index (Phi) is 4.81. The van der Waals surface area contributed by atoms with Gasteiger partial charge in [0.15, 0.2) is 0 Å². The second-order valence-electron chi connectivity index (χ2n) is 4.99. The zero-order valence-corrected chi connectivity index (χ0v) is 12.9. The Labute approximate surface area is 125 Å². The quantitative estimate of drug-likeness (QED) is 0.857. The van der Waals surface area contributed by atoms with E-state index in [0.29, 0.717) is 0 Å². The molecular formula is C17H21NO3. The lowest BCUT2D eigenvalue weighted by Gasteiger charge is -2.20. The molecule has 0 radical (unpaired) electrons. The first kappa shape index (κ1) is 15.3. The van der Waals surface area contributed by atoms with E-state index in [2.05, 4.69) is 36.0 Å². The zero-order chi connectivity index (χ0) is 15.4. The van der Waals surface area contributed by atoms with Crippen LogP contribution in [-0.2, 0) is 4.74 Å². The molecule has 0 aliphatic carbocycles. The van der Waals surface area contributed by atoms with Crippen molar-refractivity contribution in [1.82, 2.24) is 5.32 Å². The number of benzene rings is 1. The van der Waals surface area contributed by atoms with E-state index >= 15 is 0 Å². The summed E-state index contributed by atoms with van der Waals surface area (Å²) in [6.45, 7) is 7.01. The van der Waals surface area contributed by atoms with Gasteiger partial charge in [-0.25, -0.2) is 4.79 Å². The number of rotatable bonds is 5. The Morgan fingerprint density at radius 3 is 2.48 bits per heavy atom. The number of esters is 1. The predicted octanol–water partition coefficient (Wildman–Crippen LogP) is 3.38. The SMILES string of the molecule is CCNC(c1ccc(C(=O)OC)o1)c1c(C)cccc1C. The van der Waals surface area contributed by atoms with Crippen molar-refractivity contribution < 1.29 is 13.9 Å². The zero-order valence-electron chi connectivity index (χ0n) is 12.9. The summed E-state index contributed by atoms with van der Waals surface area (Å²) >= 11 is 0. The van der Waals surface area contributed by atoms with Gasteiger partial charge in [0.1, 0.15) is 5.76 Å². The molecule has 4 heteroatoms. The average molecular weight is 287 g/mol. The Morgan fingerprint density at radius 2 is 1.90 bits per heavy atom. The van der Waals surface area contributed by atoms with E-state index in [0.717, 1.165) is 12.3 Å². The number of ether oxygens (including phenoxy) is 1. The maximum atomic E-state index is 11.5. The summed E-state index contributed by atoms with van der Waals surface area (Å²) in [6, 6.07) is 9.60. The number of furan rings is 1. The van der Waals surface area contributed by atoms with Crippen molar-refractivity contribution in [1.29, 1.82) is 0 Å². The second kappa shape index (κ2) is 6.59. The van der Waals surface area contributed by atoms with Crippen molar-refractivity contribution in [3.63, 3.8) is 0 Å². The normalized spacial score (nSPS) is 12.2. The van der Waals surface area contributed by atoms with E-state index < -0.39 is 5.97 Å². The van der Waals surface area contributed by atoms with Gasteiger partial charge in [-0.05, 0) is 49.2 Å².